The van der Waals surface area contributed by atoms with Crippen molar-refractivity contribution < 1.29 is 4.39 Å². The van der Waals surface area contributed by atoms with Gasteiger partial charge in [0.15, 0.2) is 0 Å². The number of thiazole rings is 1. The Morgan fingerprint density at radius 1 is 1.15 bits per heavy atom. The Hall–Kier alpha value is -1.94. The maximum atomic E-state index is 13.1. The number of anilines is 1. The number of benzene rings is 2. The Labute approximate surface area is 121 Å². The van der Waals surface area contributed by atoms with Crippen molar-refractivity contribution in [2.45, 2.75) is 13.3 Å². The topological polar surface area (TPSA) is 24.9 Å². The first-order chi connectivity index (χ1) is 9.70. The molecule has 2 aromatic carbocycles. The van der Waals surface area contributed by atoms with Crippen molar-refractivity contribution in [3.05, 3.63) is 58.9 Å². The van der Waals surface area contributed by atoms with Crippen LogP contribution in [0.5, 0.6) is 0 Å². The highest BCUT2D eigenvalue weighted by atomic mass is 32.1. The van der Waals surface area contributed by atoms with Gasteiger partial charge >= 0.3 is 0 Å². The molecule has 2 nitrogen and oxygen atoms in total. The van der Waals surface area contributed by atoms with E-state index in [2.05, 4.69) is 41.5 Å². The van der Waals surface area contributed by atoms with Gasteiger partial charge in [-0.1, -0.05) is 17.7 Å². The summed E-state index contributed by atoms with van der Waals surface area (Å²) in [4.78, 5) is 4.51. The van der Waals surface area contributed by atoms with Crippen LogP contribution in [0, 0.1) is 12.7 Å². The van der Waals surface area contributed by atoms with E-state index in [1.54, 1.807) is 23.5 Å². The summed E-state index contributed by atoms with van der Waals surface area (Å²) in [6.07, 6.45) is 0.842. The highest BCUT2D eigenvalue weighted by molar-refractivity contribution is 7.18. The Kier molecular flexibility index (Phi) is 3.65. The van der Waals surface area contributed by atoms with E-state index in [-0.39, 0.29) is 5.82 Å². The lowest BCUT2D eigenvalue weighted by molar-refractivity contribution is 0.630. The van der Waals surface area contributed by atoms with Gasteiger partial charge < -0.3 is 5.32 Å². The fraction of sp³-hybridized carbons (Fsp3) is 0.188. The van der Waals surface area contributed by atoms with Crippen LogP contribution >= 0.6 is 11.3 Å². The van der Waals surface area contributed by atoms with E-state index in [9.17, 15) is 4.39 Å². The van der Waals surface area contributed by atoms with E-state index in [1.165, 1.54) is 11.6 Å². The summed E-state index contributed by atoms with van der Waals surface area (Å²) in [5.41, 5.74) is 3.24. The quantitative estimate of drug-likeness (QED) is 0.769. The summed E-state index contributed by atoms with van der Waals surface area (Å²) >= 11 is 1.56. The smallest absolute Gasteiger partial charge is 0.124 e. The minimum Gasteiger partial charge on any atom is -0.385 e. The zero-order chi connectivity index (χ0) is 13.9. The zero-order valence-electron chi connectivity index (χ0n) is 11.2. The summed E-state index contributed by atoms with van der Waals surface area (Å²) < 4.78 is 14.0. The fourth-order valence-corrected chi connectivity index (χ4v) is 3.03. The minimum atomic E-state index is -0.203. The first-order valence-electron chi connectivity index (χ1n) is 6.56. The van der Waals surface area contributed by atoms with Gasteiger partial charge in [-0.2, -0.15) is 0 Å². The third-order valence-electron chi connectivity index (χ3n) is 3.11. The predicted molar refractivity (Wildman–Crippen MR) is 83.0 cm³/mol. The molecule has 0 saturated carbocycles. The number of fused-ring (bicyclic) bond motifs is 1. The lowest BCUT2D eigenvalue weighted by Gasteiger charge is -2.04. The van der Waals surface area contributed by atoms with Gasteiger partial charge in [0.2, 0.25) is 0 Å². The second-order valence-corrected chi connectivity index (χ2v) is 5.88. The summed E-state index contributed by atoms with van der Waals surface area (Å²) in [7, 11) is 0. The normalized spacial score (nSPS) is 10.9. The molecule has 1 heterocycles. The number of hydrogen-bond donors (Lipinski definition) is 1. The number of hydrogen-bond acceptors (Lipinski definition) is 3. The van der Waals surface area contributed by atoms with Crippen LogP contribution in [0.15, 0.2) is 42.5 Å². The molecule has 0 atom stereocenters. The van der Waals surface area contributed by atoms with Crippen LogP contribution in [0.25, 0.3) is 10.2 Å². The number of halogens is 1. The van der Waals surface area contributed by atoms with Crippen LogP contribution < -0.4 is 5.32 Å². The lowest BCUT2D eigenvalue weighted by Crippen LogP contribution is -2.04. The Balaban J connectivity index is 1.63. The zero-order valence-corrected chi connectivity index (χ0v) is 12.0. The summed E-state index contributed by atoms with van der Waals surface area (Å²) in [5.74, 6) is -0.203. The molecule has 20 heavy (non-hydrogen) atoms. The summed E-state index contributed by atoms with van der Waals surface area (Å²) in [5, 5.41) is 4.40. The third-order valence-corrected chi connectivity index (χ3v) is 4.19. The van der Waals surface area contributed by atoms with E-state index in [0.29, 0.717) is 0 Å². The second kappa shape index (κ2) is 5.59. The maximum Gasteiger partial charge on any atom is 0.124 e. The molecule has 4 heteroatoms. The van der Waals surface area contributed by atoms with Gasteiger partial charge in [0.1, 0.15) is 5.82 Å². The van der Waals surface area contributed by atoms with Crippen LogP contribution in [-0.4, -0.2) is 11.5 Å². The fourth-order valence-electron chi connectivity index (χ4n) is 2.04. The molecular formula is C16H15FN2S. The minimum absolute atomic E-state index is 0.203. The highest BCUT2D eigenvalue weighted by Gasteiger charge is 2.04. The van der Waals surface area contributed by atoms with Gasteiger partial charge in [0.05, 0.1) is 15.2 Å². The Morgan fingerprint density at radius 3 is 2.75 bits per heavy atom. The third kappa shape index (κ3) is 2.96. The second-order valence-electron chi connectivity index (χ2n) is 4.76. The number of aryl methyl sites for hydroxylation is 1. The van der Waals surface area contributed by atoms with Gasteiger partial charge in [0.25, 0.3) is 0 Å². The number of nitrogens with one attached hydrogen (secondary N) is 1. The van der Waals surface area contributed by atoms with Crippen molar-refractivity contribution >= 4 is 27.2 Å². The molecule has 1 aromatic heterocycles. The molecule has 0 bridgehead atoms. The Morgan fingerprint density at radius 2 is 1.95 bits per heavy atom. The molecule has 0 aliphatic heterocycles. The number of aromatic nitrogens is 1. The molecular weight excluding hydrogens is 271 g/mol. The van der Waals surface area contributed by atoms with Crippen LogP contribution in [0.1, 0.15) is 10.6 Å². The summed E-state index contributed by atoms with van der Waals surface area (Å²) in [6.45, 7) is 2.90. The molecule has 0 spiro atoms. The molecule has 3 rings (SSSR count). The average Bonchev–Trinajstić information content (AvgIpc) is 2.83. The predicted octanol–water partition coefficient (Wildman–Crippen LogP) is 4.40. The van der Waals surface area contributed by atoms with Crippen molar-refractivity contribution in [1.29, 1.82) is 0 Å². The van der Waals surface area contributed by atoms with Gasteiger partial charge in [-0.25, -0.2) is 9.37 Å². The molecule has 0 saturated heterocycles. The van der Waals surface area contributed by atoms with Crippen molar-refractivity contribution in [2.24, 2.45) is 0 Å². The van der Waals surface area contributed by atoms with Crippen LogP contribution in [0.3, 0.4) is 0 Å². The van der Waals surface area contributed by atoms with E-state index >= 15 is 0 Å². The standard InChI is InChI=1S/C16H15FN2S/c1-11-2-5-13(6-3-11)18-9-8-16-19-14-7-4-12(17)10-15(14)20-16/h2-7,10,18H,8-9H2,1H3. The van der Waals surface area contributed by atoms with Crippen molar-refractivity contribution in [3.63, 3.8) is 0 Å². The van der Waals surface area contributed by atoms with Crippen LogP contribution in [0.2, 0.25) is 0 Å². The molecule has 1 N–H and O–H groups in total. The van der Waals surface area contributed by atoms with Crippen LogP contribution in [-0.2, 0) is 6.42 Å². The van der Waals surface area contributed by atoms with Crippen molar-refractivity contribution in [3.8, 4) is 0 Å². The van der Waals surface area contributed by atoms with E-state index in [0.717, 1.165) is 33.9 Å². The lowest BCUT2D eigenvalue weighted by atomic mass is 10.2. The van der Waals surface area contributed by atoms with E-state index < -0.39 is 0 Å². The van der Waals surface area contributed by atoms with Gasteiger partial charge in [-0.05, 0) is 37.3 Å². The van der Waals surface area contributed by atoms with E-state index in [1.807, 2.05) is 0 Å². The van der Waals surface area contributed by atoms with Gasteiger partial charge in [-0.3, -0.25) is 0 Å². The van der Waals surface area contributed by atoms with E-state index in [4.69, 9.17) is 0 Å². The molecule has 0 aliphatic carbocycles. The van der Waals surface area contributed by atoms with Crippen molar-refractivity contribution in [2.75, 3.05) is 11.9 Å². The average molecular weight is 286 g/mol. The molecule has 0 unspecified atom stereocenters. The molecule has 0 amide bonds. The van der Waals surface area contributed by atoms with Crippen LogP contribution in [0.4, 0.5) is 10.1 Å². The molecule has 0 aliphatic rings. The summed E-state index contributed by atoms with van der Waals surface area (Å²) in [6, 6.07) is 13.1. The number of nitrogens with zero attached hydrogens (tertiary/aromatic N) is 1. The first-order valence-corrected chi connectivity index (χ1v) is 7.38. The largest absolute Gasteiger partial charge is 0.385 e. The first kappa shape index (κ1) is 13.1. The molecule has 0 fully saturated rings. The Bertz CT molecular complexity index is 719. The van der Waals surface area contributed by atoms with Gasteiger partial charge in [0, 0.05) is 18.7 Å². The SMILES string of the molecule is Cc1ccc(NCCc2nc3ccc(F)cc3s2)cc1. The number of rotatable bonds is 4. The van der Waals surface area contributed by atoms with Crippen molar-refractivity contribution in [1.82, 2.24) is 4.98 Å². The molecule has 3 aromatic rings. The molecule has 102 valence electrons. The maximum absolute atomic E-state index is 13.1. The van der Waals surface area contributed by atoms with Gasteiger partial charge in [-0.15, -0.1) is 11.3 Å². The monoisotopic (exact) mass is 286 g/mol. The molecule has 0 radical (unpaired) electrons. The highest BCUT2D eigenvalue weighted by Crippen LogP contribution is 2.23.